The molecule has 2 fully saturated rings. The van der Waals surface area contributed by atoms with Gasteiger partial charge in [0.05, 0.1) is 6.04 Å². The van der Waals surface area contributed by atoms with Gasteiger partial charge in [-0.1, -0.05) is 38.1 Å². The standard InChI is InChI=1S/C18H29BN4O6S/c1-12(2)9-23(15-7-21-8-15)30(28,29)22-10-16(18(20,11-22)17(24)25)13-4-3-5-14(6-13)19(26)27/h3-6,12,15-16,21,26-27H,7-11,20H2,1-2H3,(H,24,25)/t16-,18+/m1/s1. The van der Waals surface area contributed by atoms with E-state index in [2.05, 4.69) is 5.32 Å². The van der Waals surface area contributed by atoms with Crippen LogP contribution in [0, 0.1) is 5.92 Å². The summed E-state index contributed by atoms with van der Waals surface area (Å²) >= 11 is 0. The minimum absolute atomic E-state index is 0.101. The second-order valence-electron chi connectivity index (χ2n) is 8.52. The van der Waals surface area contributed by atoms with Crippen molar-refractivity contribution in [3.05, 3.63) is 29.8 Å². The van der Waals surface area contributed by atoms with Crippen molar-refractivity contribution in [2.75, 3.05) is 32.7 Å². The lowest BCUT2D eigenvalue weighted by Crippen LogP contribution is -2.62. The van der Waals surface area contributed by atoms with Gasteiger partial charge in [-0.3, -0.25) is 4.79 Å². The maximum absolute atomic E-state index is 13.5. The van der Waals surface area contributed by atoms with Crippen LogP contribution in [0.3, 0.4) is 0 Å². The molecule has 0 aliphatic carbocycles. The summed E-state index contributed by atoms with van der Waals surface area (Å²) in [4.78, 5) is 12.1. The fraction of sp³-hybridized carbons (Fsp3) is 0.611. The van der Waals surface area contributed by atoms with Crippen molar-refractivity contribution in [3.8, 4) is 0 Å². The minimum atomic E-state index is -3.94. The van der Waals surface area contributed by atoms with Gasteiger partial charge in [-0.25, -0.2) is 0 Å². The van der Waals surface area contributed by atoms with Crippen molar-refractivity contribution in [1.29, 1.82) is 0 Å². The van der Waals surface area contributed by atoms with E-state index in [0.717, 1.165) is 4.31 Å². The van der Waals surface area contributed by atoms with Crippen molar-refractivity contribution < 1.29 is 28.4 Å². The molecule has 1 aromatic rings. The van der Waals surface area contributed by atoms with Crippen LogP contribution in [0.2, 0.25) is 0 Å². The molecule has 0 amide bonds. The highest BCUT2D eigenvalue weighted by Crippen LogP contribution is 2.37. The summed E-state index contributed by atoms with van der Waals surface area (Å²) in [6.45, 7) is 4.81. The van der Waals surface area contributed by atoms with Crippen molar-refractivity contribution in [2.24, 2.45) is 11.7 Å². The lowest BCUT2D eigenvalue weighted by atomic mass is 9.76. The number of benzene rings is 1. The Labute approximate surface area is 177 Å². The van der Waals surface area contributed by atoms with Gasteiger partial charge in [-0.15, -0.1) is 0 Å². The van der Waals surface area contributed by atoms with E-state index in [1.165, 1.54) is 16.4 Å². The molecule has 30 heavy (non-hydrogen) atoms. The van der Waals surface area contributed by atoms with E-state index in [1.807, 2.05) is 13.8 Å². The molecule has 0 saturated carbocycles. The number of nitrogens with one attached hydrogen (secondary N) is 1. The highest BCUT2D eigenvalue weighted by atomic mass is 32.2. The van der Waals surface area contributed by atoms with Gasteiger partial charge >= 0.3 is 13.1 Å². The second-order valence-corrected chi connectivity index (χ2v) is 10.4. The van der Waals surface area contributed by atoms with E-state index in [1.54, 1.807) is 12.1 Å². The predicted octanol–water partition coefficient (Wildman–Crippen LogP) is -2.28. The van der Waals surface area contributed by atoms with E-state index in [-0.39, 0.29) is 30.5 Å². The monoisotopic (exact) mass is 440 g/mol. The SMILES string of the molecule is CC(C)CN(C1CNC1)S(=O)(=O)N1C[C@H](c2cccc(B(O)O)c2)[C@](N)(C(=O)O)C1. The predicted molar refractivity (Wildman–Crippen MR) is 112 cm³/mol. The summed E-state index contributed by atoms with van der Waals surface area (Å²) in [5, 5.41) is 31.8. The number of hydrogen-bond acceptors (Lipinski definition) is 7. The summed E-state index contributed by atoms with van der Waals surface area (Å²) in [6.07, 6.45) is 0. The quantitative estimate of drug-likeness (QED) is 0.283. The number of aliphatic carboxylic acids is 1. The number of hydrogen-bond donors (Lipinski definition) is 5. The van der Waals surface area contributed by atoms with Gasteiger partial charge < -0.3 is 26.2 Å². The molecule has 6 N–H and O–H groups in total. The highest BCUT2D eigenvalue weighted by Gasteiger charge is 2.55. The van der Waals surface area contributed by atoms with Crippen LogP contribution in [-0.4, -0.2) is 89.6 Å². The van der Waals surface area contributed by atoms with Crippen LogP contribution < -0.4 is 16.5 Å². The average Bonchev–Trinajstić information content (AvgIpc) is 2.99. The van der Waals surface area contributed by atoms with Crippen molar-refractivity contribution in [3.63, 3.8) is 0 Å². The third kappa shape index (κ3) is 4.26. The number of rotatable bonds is 8. The van der Waals surface area contributed by atoms with Crippen LogP contribution >= 0.6 is 0 Å². The molecule has 166 valence electrons. The van der Waals surface area contributed by atoms with Crippen molar-refractivity contribution in [1.82, 2.24) is 13.9 Å². The molecule has 2 aliphatic rings. The number of nitrogens with two attached hydrogens (primary N) is 1. The van der Waals surface area contributed by atoms with Crippen LogP contribution in [0.25, 0.3) is 0 Å². The molecule has 0 spiro atoms. The molecule has 1 aromatic carbocycles. The Balaban J connectivity index is 1.96. The smallest absolute Gasteiger partial charge is 0.480 e. The van der Waals surface area contributed by atoms with Crippen LogP contribution in [0.15, 0.2) is 24.3 Å². The number of nitrogens with zero attached hydrogens (tertiary/aromatic N) is 2. The first-order valence-electron chi connectivity index (χ1n) is 9.92. The first kappa shape index (κ1) is 23.1. The van der Waals surface area contributed by atoms with Gasteiger partial charge in [-0.05, 0) is 16.9 Å². The Bertz CT molecular complexity index is 894. The van der Waals surface area contributed by atoms with Gasteiger partial charge in [0.15, 0.2) is 0 Å². The first-order chi connectivity index (χ1) is 14.0. The highest BCUT2D eigenvalue weighted by molar-refractivity contribution is 7.86. The Morgan fingerprint density at radius 3 is 2.57 bits per heavy atom. The van der Waals surface area contributed by atoms with Crippen molar-refractivity contribution in [2.45, 2.75) is 31.3 Å². The summed E-state index contributed by atoms with van der Waals surface area (Å²) in [6, 6.07) is 5.96. The Kier molecular flexibility index (Phi) is 6.58. The van der Waals surface area contributed by atoms with E-state index < -0.39 is 34.8 Å². The van der Waals surface area contributed by atoms with Gasteiger partial charge in [0.25, 0.3) is 10.2 Å². The maximum atomic E-state index is 13.5. The van der Waals surface area contributed by atoms with Gasteiger partial charge in [-0.2, -0.15) is 17.0 Å². The second kappa shape index (κ2) is 8.54. The minimum Gasteiger partial charge on any atom is -0.480 e. The van der Waals surface area contributed by atoms with Crippen LogP contribution in [0.5, 0.6) is 0 Å². The zero-order chi connectivity index (χ0) is 22.3. The Morgan fingerprint density at radius 2 is 2.07 bits per heavy atom. The summed E-state index contributed by atoms with van der Waals surface area (Å²) in [7, 11) is -5.67. The largest absolute Gasteiger partial charge is 0.488 e. The third-order valence-electron chi connectivity index (χ3n) is 5.79. The molecular weight excluding hydrogens is 411 g/mol. The maximum Gasteiger partial charge on any atom is 0.488 e. The van der Waals surface area contributed by atoms with Gasteiger partial charge in [0.1, 0.15) is 5.54 Å². The van der Waals surface area contributed by atoms with E-state index >= 15 is 0 Å². The molecule has 3 rings (SSSR count). The van der Waals surface area contributed by atoms with E-state index in [4.69, 9.17) is 5.73 Å². The zero-order valence-corrected chi connectivity index (χ0v) is 17.9. The molecule has 2 heterocycles. The van der Waals surface area contributed by atoms with Crippen molar-refractivity contribution >= 4 is 28.8 Å². The molecule has 0 radical (unpaired) electrons. The summed E-state index contributed by atoms with van der Waals surface area (Å²) in [5.74, 6) is -2.05. The fourth-order valence-corrected chi connectivity index (χ4v) is 6.00. The van der Waals surface area contributed by atoms with Crippen LogP contribution in [0.4, 0.5) is 0 Å². The topological polar surface area (TPSA) is 156 Å². The number of carbonyl (C=O) groups is 1. The van der Waals surface area contributed by atoms with Crippen LogP contribution in [0.1, 0.15) is 25.3 Å². The first-order valence-corrected chi connectivity index (χ1v) is 11.3. The molecule has 2 aliphatic heterocycles. The molecule has 10 nitrogen and oxygen atoms in total. The van der Waals surface area contributed by atoms with Crippen LogP contribution in [-0.2, 0) is 15.0 Å². The summed E-state index contributed by atoms with van der Waals surface area (Å²) in [5.41, 5.74) is 5.05. The molecule has 2 atom stereocenters. The summed E-state index contributed by atoms with van der Waals surface area (Å²) < 4.78 is 29.5. The average molecular weight is 440 g/mol. The Hall–Kier alpha value is -1.54. The zero-order valence-electron chi connectivity index (χ0n) is 17.1. The van der Waals surface area contributed by atoms with Gasteiger partial charge in [0.2, 0.25) is 0 Å². The molecule has 0 bridgehead atoms. The third-order valence-corrected chi connectivity index (χ3v) is 7.76. The normalized spacial score (nSPS) is 25.6. The van der Waals surface area contributed by atoms with Gasteiger partial charge in [0, 0.05) is 38.6 Å². The molecule has 0 aromatic heterocycles. The molecule has 12 heteroatoms. The Morgan fingerprint density at radius 1 is 1.40 bits per heavy atom. The number of carboxylic acids is 1. The fourth-order valence-electron chi connectivity index (χ4n) is 3.98. The molecule has 0 unspecified atom stereocenters. The lowest BCUT2D eigenvalue weighted by molar-refractivity contribution is -0.143. The lowest BCUT2D eigenvalue weighted by Gasteiger charge is -2.40. The van der Waals surface area contributed by atoms with E-state index in [0.29, 0.717) is 25.2 Å². The number of carboxylic acid groups (broad SMARTS) is 1. The molecular formula is C18H29BN4O6S. The molecule has 2 saturated heterocycles. The van der Waals surface area contributed by atoms with E-state index in [9.17, 15) is 28.4 Å².